The summed E-state index contributed by atoms with van der Waals surface area (Å²) in [5, 5.41) is 8.50. The molecule has 1 aliphatic rings. The lowest BCUT2D eigenvalue weighted by Gasteiger charge is -2.16. The van der Waals surface area contributed by atoms with Crippen LogP contribution in [0.2, 0.25) is 0 Å². The predicted molar refractivity (Wildman–Crippen MR) is 53.7 cm³/mol. The number of nitriles is 1. The predicted octanol–water partition coefficient (Wildman–Crippen LogP) is 2.22. The van der Waals surface area contributed by atoms with Crippen molar-refractivity contribution < 1.29 is 4.74 Å². The molecule has 14 heavy (non-hydrogen) atoms. The fraction of sp³-hybridized carbons (Fsp3) is 0.417. The Morgan fingerprint density at radius 2 is 2.29 bits per heavy atom. The van der Waals surface area contributed by atoms with E-state index in [0.717, 1.165) is 26.1 Å². The molecule has 0 saturated carbocycles. The Bertz CT molecular complexity index is 365. The average Bonchev–Trinajstić information content (AvgIpc) is 2.26. The van der Waals surface area contributed by atoms with E-state index in [1.54, 1.807) is 0 Å². The molecule has 0 N–H and O–H groups in total. The van der Waals surface area contributed by atoms with Gasteiger partial charge in [0.15, 0.2) is 0 Å². The Morgan fingerprint density at radius 3 is 3.14 bits per heavy atom. The first kappa shape index (κ1) is 9.23. The number of hydrogen-bond acceptors (Lipinski definition) is 2. The third kappa shape index (κ3) is 1.94. The molecule has 0 unspecified atom stereocenters. The first-order chi connectivity index (χ1) is 6.90. The van der Waals surface area contributed by atoms with Crippen molar-refractivity contribution in [1.82, 2.24) is 0 Å². The highest BCUT2D eigenvalue weighted by atomic mass is 16.5. The van der Waals surface area contributed by atoms with E-state index in [0.29, 0.717) is 6.42 Å². The van der Waals surface area contributed by atoms with E-state index in [4.69, 9.17) is 10.00 Å². The van der Waals surface area contributed by atoms with Crippen LogP contribution in [0.15, 0.2) is 18.2 Å². The summed E-state index contributed by atoms with van der Waals surface area (Å²) in [6.45, 7) is 1.57. The Hall–Kier alpha value is -1.33. The van der Waals surface area contributed by atoms with Gasteiger partial charge in [-0.25, -0.2) is 0 Å². The highest BCUT2D eigenvalue weighted by Crippen LogP contribution is 2.18. The number of fused-ring (bicyclic) bond motifs is 1. The van der Waals surface area contributed by atoms with E-state index in [2.05, 4.69) is 24.3 Å². The number of rotatable bonds is 2. The monoisotopic (exact) mass is 187 g/mol. The zero-order valence-corrected chi connectivity index (χ0v) is 8.12. The summed E-state index contributed by atoms with van der Waals surface area (Å²) in [7, 11) is 0. The van der Waals surface area contributed by atoms with Crippen LogP contribution in [0.5, 0.6) is 0 Å². The minimum Gasteiger partial charge on any atom is -0.376 e. The van der Waals surface area contributed by atoms with Crippen molar-refractivity contribution in [3.05, 3.63) is 34.9 Å². The lowest BCUT2D eigenvalue weighted by atomic mass is 9.98. The molecule has 2 rings (SSSR count). The first-order valence-corrected chi connectivity index (χ1v) is 4.95. The Morgan fingerprint density at radius 1 is 1.36 bits per heavy atom. The fourth-order valence-electron chi connectivity index (χ4n) is 1.77. The molecule has 0 aromatic heterocycles. The molecule has 0 amide bonds. The number of benzene rings is 1. The molecule has 0 saturated heterocycles. The first-order valence-electron chi connectivity index (χ1n) is 4.95. The van der Waals surface area contributed by atoms with E-state index in [1.165, 1.54) is 16.7 Å². The van der Waals surface area contributed by atoms with E-state index >= 15 is 0 Å². The van der Waals surface area contributed by atoms with Crippen LogP contribution in [-0.2, 0) is 24.2 Å². The summed E-state index contributed by atoms with van der Waals surface area (Å²) in [6.07, 6.45) is 2.48. The summed E-state index contributed by atoms with van der Waals surface area (Å²) < 4.78 is 5.36. The molecule has 0 atom stereocenters. The highest BCUT2D eigenvalue weighted by Gasteiger charge is 2.09. The summed E-state index contributed by atoms with van der Waals surface area (Å²) in [6, 6.07) is 8.62. The maximum atomic E-state index is 8.50. The van der Waals surface area contributed by atoms with Gasteiger partial charge in [0.2, 0.25) is 0 Å². The molecule has 0 bridgehead atoms. The van der Waals surface area contributed by atoms with Crippen molar-refractivity contribution in [3.8, 4) is 6.07 Å². The SMILES string of the molecule is N#CCCc1ccc2c(c1)CCOC2. The van der Waals surface area contributed by atoms with Gasteiger partial charge in [-0.15, -0.1) is 0 Å². The minimum absolute atomic E-state index is 0.606. The fourth-order valence-corrected chi connectivity index (χ4v) is 1.77. The van der Waals surface area contributed by atoms with Crippen molar-refractivity contribution in [3.63, 3.8) is 0 Å². The Labute approximate surface area is 84.1 Å². The molecule has 0 spiro atoms. The molecular formula is C12H13NO. The molecule has 1 aliphatic heterocycles. The van der Waals surface area contributed by atoms with Crippen molar-refractivity contribution >= 4 is 0 Å². The number of hydrogen-bond donors (Lipinski definition) is 0. The van der Waals surface area contributed by atoms with E-state index in [-0.39, 0.29) is 0 Å². The summed E-state index contributed by atoms with van der Waals surface area (Å²) in [4.78, 5) is 0. The van der Waals surface area contributed by atoms with E-state index < -0.39 is 0 Å². The normalized spacial score (nSPS) is 14.5. The lowest BCUT2D eigenvalue weighted by molar-refractivity contribution is 0.110. The Balaban J connectivity index is 2.17. The standard InChI is InChI=1S/C12H13NO/c13-6-1-2-10-3-4-12-9-14-7-5-11(12)8-10/h3-4,8H,1-2,5,7,9H2. The molecule has 0 radical (unpaired) electrons. The number of ether oxygens (including phenoxy) is 1. The van der Waals surface area contributed by atoms with Gasteiger partial charge in [-0.05, 0) is 29.5 Å². The molecule has 0 fully saturated rings. The van der Waals surface area contributed by atoms with Crippen LogP contribution in [0.1, 0.15) is 23.1 Å². The van der Waals surface area contributed by atoms with Crippen LogP contribution < -0.4 is 0 Å². The summed E-state index contributed by atoms with van der Waals surface area (Å²) in [5.41, 5.74) is 3.97. The molecule has 1 aromatic rings. The van der Waals surface area contributed by atoms with Crippen LogP contribution in [0, 0.1) is 11.3 Å². The second-order valence-electron chi connectivity index (χ2n) is 3.56. The van der Waals surface area contributed by atoms with Gasteiger partial charge in [-0.3, -0.25) is 0 Å². The van der Waals surface area contributed by atoms with E-state index in [9.17, 15) is 0 Å². The summed E-state index contributed by atoms with van der Waals surface area (Å²) in [5.74, 6) is 0. The topological polar surface area (TPSA) is 33.0 Å². The molecule has 2 heteroatoms. The van der Waals surface area contributed by atoms with Gasteiger partial charge in [0, 0.05) is 6.42 Å². The second-order valence-corrected chi connectivity index (χ2v) is 3.56. The quantitative estimate of drug-likeness (QED) is 0.711. The largest absolute Gasteiger partial charge is 0.376 e. The smallest absolute Gasteiger partial charge is 0.0719 e. The second kappa shape index (κ2) is 4.26. The van der Waals surface area contributed by atoms with Gasteiger partial charge in [0.05, 0.1) is 19.3 Å². The van der Waals surface area contributed by atoms with E-state index in [1.807, 2.05) is 0 Å². The van der Waals surface area contributed by atoms with Crippen LogP contribution in [-0.4, -0.2) is 6.61 Å². The number of aryl methyl sites for hydroxylation is 1. The van der Waals surface area contributed by atoms with Gasteiger partial charge < -0.3 is 4.74 Å². The molecular weight excluding hydrogens is 174 g/mol. The Kier molecular flexibility index (Phi) is 2.81. The zero-order chi connectivity index (χ0) is 9.80. The average molecular weight is 187 g/mol. The van der Waals surface area contributed by atoms with Gasteiger partial charge in [-0.2, -0.15) is 5.26 Å². The minimum atomic E-state index is 0.606. The van der Waals surface area contributed by atoms with Crippen molar-refractivity contribution in [1.29, 1.82) is 5.26 Å². The maximum absolute atomic E-state index is 8.50. The molecule has 2 nitrogen and oxygen atoms in total. The summed E-state index contributed by atoms with van der Waals surface area (Å²) >= 11 is 0. The van der Waals surface area contributed by atoms with Crippen LogP contribution in [0.25, 0.3) is 0 Å². The van der Waals surface area contributed by atoms with Gasteiger partial charge in [0.1, 0.15) is 0 Å². The molecule has 72 valence electrons. The molecule has 1 heterocycles. The third-order valence-corrected chi connectivity index (χ3v) is 2.57. The molecule has 0 aliphatic carbocycles. The lowest BCUT2D eigenvalue weighted by Crippen LogP contribution is -2.09. The van der Waals surface area contributed by atoms with Crippen molar-refractivity contribution in [2.45, 2.75) is 25.9 Å². The third-order valence-electron chi connectivity index (χ3n) is 2.57. The van der Waals surface area contributed by atoms with Crippen LogP contribution in [0.4, 0.5) is 0 Å². The van der Waals surface area contributed by atoms with Crippen LogP contribution in [0.3, 0.4) is 0 Å². The van der Waals surface area contributed by atoms with Gasteiger partial charge in [-0.1, -0.05) is 18.2 Å². The van der Waals surface area contributed by atoms with Gasteiger partial charge >= 0.3 is 0 Å². The maximum Gasteiger partial charge on any atom is 0.0719 e. The number of nitrogens with zero attached hydrogens (tertiary/aromatic N) is 1. The zero-order valence-electron chi connectivity index (χ0n) is 8.12. The molecule has 1 aromatic carbocycles. The van der Waals surface area contributed by atoms with Crippen molar-refractivity contribution in [2.75, 3.05) is 6.61 Å². The van der Waals surface area contributed by atoms with Gasteiger partial charge in [0.25, 0.3) is 0 Å². The highest BCUT2D eigenvalue weighted by molar-refractivity contribution is 5.33. The van der Waals surface area contributed by atoms with Crippen molar-refractivity contribution in [2.24, 2.45) is 0 Å². The van der Waals surface area contributed by atoms with Crippen LogP contribution >= 0.6 is 0 Å².